The first kappa shape index (κ1) is 16.6. The van der Waals surface area contributed by atoms with Gasteiger partial charge in [0.25, 0.3) is 0 Å². The summed E-state index contributed by atoms with van der Waals surface area (Å²) in [5.41, 5.74) is 0. The van der Waals surface area contributed by atoms with Crippen LogP contribution in [0.4, 0.5) is 8.78 Å². The van der Waals surface area contributed by atoms with Gasteiger partial charge in [-0.3, -0.25) is 9.59 Å². The lowest BCUT2D eigenvalue weighted by molar-refractivity contribution is -0.132. The molecule has 4 nitrogen and oxygen atoms in total. The van der Waals surface area contributed by atoms with E-state index in [0.29, 0.717) is 25.9 Å². The van der Waals surface area contributed by atoms with Gasteiger partial charge in [-0.25, -0.2) is 8.78 Å². The molecule has 0 aromatic carbocycles. The molecule has 114 valence electrons. The Labute approximate surface area is 118 Å². The van der Waals surface area contributed by atoms with Gasteiger partial charge in [0.05, 0.1) is 6.54 Å². The van der Waals surface area contributed by atoms with Crippen LogP contribution in [-0.4, -0.2) is 42.3 Å². The van der Waals surface area contributed by atoms with E-state index in [9.17, 15) is 18.4 Å². The number of carbonyl (C=O) groups is 2. The monoisotopic (exact) mass is 288 g/mol. The predicted octanol–water partition coefficient (Wildman–Crippen LogP) is 1.96. The third kappa shape index (κ3) is 5.27. The van der Waals surface area contributed by atoms with Gasteiger partial charge in [-0.05, 0) is 31.8 Å². The van der Waals surface area contributed by atoms with Crippen molar-refractivity contribution < 1.29 is 18.4 Å². The highest BCUT2D eigenvalue weighted by molar-refractivity contribution is 5.90. The molecule has 0 aromatic heterocycles. The summed E-state index contributed by atoms with van der Waals surface area (Å²) >= 11 is 0. The molecule has 6 heteroatoms. The van der Waals surface area contributed by atoms with Gasteiger partial charge in [0.15, 0.2) is 0 Å². The Bertz CT molecular complexity index is 362. The van der Waals surface area contributed by atoms with Crippen LogP contribution in [0.3, 0.4) is 0 Å². The van der Waals surface area contributed by atoms with Crippen LogP contribution in [0, 0.1) is 5.92 Å². The minimum absolute atomic E-state index is 0.0236. The van der Waals surface area contributed by atoms with Crippen LogP contribution in [0.5, 0.6) is 0 Å². The zero-order valence-corrected chi connectivity index (χ0v) is 11.8. The second kappa shape index (κ2) is 7.36. The number of carbonyl (C=O) groups excluding carboxylic acids is 2. The first-order valence-corrected chi connectivity index (χ1v) is 6.94. The maximum atomic E-state index is 13.0. The van der Waals surface area contributed by atoms with Crippen molar-refractivity contribution in [3.8, 4) is 0 Å². The van der Waals surface area contributed by atoms with E-state index in [1.807, 2.05) is 0 Å². The fraction of sp³-hybridized carbons (Fsp3) is 0.714. The molecule has 0 atom stereocenters. The normalized spacial score (nSPS) is 18.4. The summed E-state index contributed by atoms with van der Waals surface area (Å²) < 4.78 is 26.0. The fourth-order valence-corrected chi connectivity index (χ4v) is 2.27. The molecule has 1 saturated carbocycles. The molecule has 1 aliphatic carbocycles. The first-order chi connectivity index (χ1) is 9.38. The lowest BCUT2D eigenvalue weighted by Crippen LogP contribution is -2.42. The number of nitrogens with zero attached hydrogens (tertiary/aromatic N) is 1. The predicted molar refractivity (Wildman–Crippen MR) is 72.4 cm³/mol. The summed E-state index contributed by atoms with van der Waals surface area (Å²) in [5, 5.41) is 2.71. The van der Waals surface area contributed by atoms with Gasteiger partial charge >= 0.3 is 0 Å². The van der Waals surface area contributed by atoms with E-state index in [1.54, 1.807) is 6.92 Å². The number of alkyl halides is 2. The zero-order valence-electron chi connectivity index (χ0n) is 11.8. The van der Waals surface area contributed by atoms with E-state index < -0.39 is 5.92 Å². The van der Waals surface area contributed by atoms with E-state index in [1.165, 1.54) is 11.0 Å². The quantitative estimate of drug-likeness (QED) is 0.760. The second-order valence-electron chi connectivity index (χ2n) is 5.16. The molecule has 0 spiro atoms. The molecule has 0 saturated heterocycles. The van der Waals surface area contributed by atoms with E-state index in [0.717, 1.165) is 0 Å². The van der Waals surface area contributed by atoms with E-state index >= 15 is 0 Å². The molecule has 2 amide bonds. The largest absolute Gasteiger partial charge is 0.354 e. The van der Waals surface area contributed by atoms with Crippen molar-refractivity contribution in [3.63, 3.8) is 0 Å². The van der Waals surface area contributed by atoms with Gasteiger partial charge in [0.2, 0.25) is 17.7 Å². The highest BCUT2D eigenvalue weighted by Crippen LogP contribution is 2.35. The molecule has 1 aliphatic rings. The third-order valence-corrected chi connectivity index (χ3v) is 3.63. The van der Waals surface area contributed by atoms with Crippen molar-refractivity contribution in [3.05, 3.63) is 12.7 Å². The molecule has 0 unspecified atom stereocenters. The Morgan fingerprint density at radius 3 is 2.50 bits per heavy atom. The zero-order chi connectivity index (χ0) is 15.2. The molecular weight excluding hydrogens is 266 g/mol. The number of likely N-dealkylation sites (N-methyl/N-ethyl adjacent to an activating group) is 1. The highest BCUT2D eigenvalue weighted by Gasteiger charge is 2.34. The number of halogens is 2. The summed E-state index contributed by atoms with van der Waals surface area (Å²) in [6, 6.07) is 0. The number of hydrogen-bond acceptors (Lipinski definition) is 2. The summed E-state index contributed by atoms with van der Waals surface area (Å²) in [5.74, 6) is -3.00. The Balaban J connectivity index is 2.30. The van der Waals surface area contributed by atoms with E-state index in [-0.39, 0.29) is 37.1 Å². The summed E-state index contributed by atoms with van der Waals surface area (Å²) in [4.78, 5) is 24.5. The number of rotatable bonds is 6. The SMILES string of the molecule is C=CC(=O)N(CC)CC(=O)NCC1CCC(F)(F)CC1. The molecule has 0 heterocycles. The molecule has 0 aliphatic heterocycles. The van der Waals surface area contributed by atoms with Crippen LogP contribution < -0.4 is 5.32 Å². The number of amides is 2. The van der Waals surface area contributed by atoms with E-state index in [4.69, 9.17) is 0 Å². The van der Waals surface area contributed by atoms with Gasteiger partial charge in [-0.15, -0.1) is 0 Å². The van der Waals surface area contributed by atoms with Crippen molar-refractivity contribution in [2.45, 2.75) is 38.5 Å². The minimum Gasteiger partial charge on any atom is -0.354 e. The summed E-state index contributed by atoms with van der Waals surface area (Å²) in [6.07, 6.45) is 1.81. The van der Waals surface area contributed by atoms with Crippen LogP contribution in [-0.2, 0) is 9.59 Å². The summed E-state index contributed by atoms with van der Waals surface area (Å²) in [7, 11) is 0. The Hall–Kier alpha value is -1.46. The molecule has 0 aromatic rings. The highest BCUT2D eigenvalue weighted by atomic mass is 19.3. The van der Waals surface area contributed by atoms with Crippen molar-refractivity contribution >= 4 is 11.8 Å². The Morgan fingerprint density at radius 2 is 2.00 bits per heavy atom. The molecule has 1 fully saturated rings. The average molecular weight is 288 g/mol. The van der Waals surface area contributed by atoms with Gasteiger partial charge in [-0.1, -0.05) is 6.58 Å². The third-order valence-electron chi connectivity index (χ3n) is 3.63. The molecule has 20 heavy (non-hydrogen) atoms. The van der Waals surface area contributed by atoms with Gasteiger partial charge < -0.3 is 10.2 Å². The Morgan fingerprint density at radius 1 is 1.40 bits per heavy atom. The standard InChI is InChI=1S/C14H22F2N2O2/c1-3-13(20)18(4-2)10-12(19)17-9-11-5-7-14(15,16)8-6-11/h3,11H,1,4-10H2,2H3,(H,17,19). The van der Waals surface area contributed by atoms with Gasteiger partial charge in [0, 0.05) is 25.9 Å². The average Bonchev–Trinajstić information content (AvgIpc) is 2.42. The topological polar surface area (TPSA) is 49.4 Å². The van der Waals surface area contributed by atoms with Crippen LogP contribution in [0.1, 0.15) is 32.6 Å². The molecular formula is C14H22F2N2O2. The number of hydrogen-bond donors (Lipinski definition) is 1. The maximum absolute atomic E-state index is 13.0. The second-order valence-corrected chi connectivity index (χ2v) is 5.16. The fourth-order valence-electron chi connectivity index (χ4n) is 2.27. The lowest BCUT2D eigenvalue weighted by atomic mass is 9.87. The van der Waals surface area contributed by atoms with Crippen molar-refractivity contribution in [2.24, 2.45) is 5.92 Å². The lowest BCUT2D eigenvalue weighted by Gasteiger charge is -2.28. The van der Waals surface area contributed by atoms with Crippen molar-refractivity contribution in [1.29, 1.82) is 0 Å². The van der Waals surface area contributed by atoms with Gasteiger partial charge in [0.1, 0.15) is 0 Å². The van der Waals surface area contributed by atoms with Crippen LogP contribution in [0.2, 0.25) is 0 Å². The van der Waals surface area contributed by atoms with Crippen molar-refractivity contribution in [2.75, 3.05) is 19.6 Å². The molecule has 0 bridgehead atoms. The summed E-state index contributed by atoms with van der Waals surface area (Å²) in [6.45, 7) is 5.95. The van der Waals surface area contributed by atoms with Crippen LogP contribution >= 0.6 is 0 Å². The Kier molecular flexibility index (Phi) is 6.10. The maximum Gasteiger partial charge on any atom is 0.248 e. The van der Waals surface area contributed by atoms with Gasteiger partial charge in [-0.2, -0.15) is 0 Å². The molecule has 0 radical (unpaired) electrons. The minimum atomic E-state index is -2.55. The van der Waals surface area contributed by atoms with Crippen LogP contribution in [0.15, 0.2) is 12.7 Å². The van der Waals surface area contributed by atoms with E-state index in [2.05, 4.69) is 11.9 Å². The first-order valence-electron chi connectivity index (χ1n) is 6.94. The van der Waals surface area contributed by atoms with Crippen LogP contribution in [0.25, 0.3) is 0 Å². The molecule has 1 N–H and O–H groups in total. The smallest absolute Gasteiger partial charge is 0.248 e. The number of nitrogens with one attached hydrogen (secondary N) is 1. The molecule has 1 rings (SSSR count). The van der Waals surface area contributed by atoms with Crippen molar-refractivity contribution in [1.82, 2.24) is 10.2 Å².